The van der Waals surface area contributed by atoms with Crippen molar-refractivity contribution < 1.29 is 38.0 Å². The minimum atomic E-state index is -1.34. The maximum atomic E-state index is 13.0. The van der Waals surface area contributed by atoms with Crippen molar-refractivity contribution in [2.24, 2.45) is 0 Å². The first kappa shape index (κ1) is 56.7. The second kappa shape index (κ2) is 23.1. The van der Waals surface area contributed by atoms with Crippen LogP contribution >= 0.6 is 23.2 Å². The first-order chi connectivity index (χ1) is 36.4. The summed E-state index contributed by atoms with van der Waals surface area (Å²) in [6.07, 6.45) is -2.44. The zero-order valence-corrected chi connectivity index (χ0v) is 46.6. The fourth-order valence-corrected chi connectivity index (χ4v) is 9.45. The Balaban J connectivity index is 0.000000224. The van der Waals surface area contributed by atoms with Crippen LogP contribution in [0.3, 0.4) is 0 Å². The Morgan fingerprint density at radius 2 is 0.831 bits per heavy atom. The maximum Gasteiger partial charge on any atom is 0.339 e. The van der Waals surface area contributed by atoms with E-state index in [9.17, 15) is 25.2 Å². The highest BCUT2D eigenvalue weighted by Crippen LogP contribution is 2.44. The SMILES string of the molecule is COC(=O)[C@@H](OC(C)(C)C)c1c(C)nc(-c2ccc(-c3c(C)noc3C)cc2)c(C#N)c1-c1ccc(Cl)cc1.Cc1noc(C)c1-c1ccc(-c2nc(C)c([C@H](OC(C)(C)C)C(=O)O)c(-c3ccc(Cl)cc3)c2C#N)cc1. The summed E-state index contributed by atoms with van der Waals surface area (Å²) in [6, 6.07) is 34.1. The summed E-state index contributed by atoms with van der Waals surface area (Å²) in [5.41, 5.74) is 11.0. The molecule has 0 fully saturated rings. The molecule has 4 heterocycles. The van der Waals surface area contributed by atoms with Crippen molar-refractivity contribution in [1.29, 1.82) is 10.5 Å². The van der Waals surface area contributed by atoms with Crippen LogP contribution in [-0.4, -0.2) is 55.6 Å². The van der Waals surface area contributed by atoms with Gasteiger partial charge in [-0.2, -0.15) is 10.5 Å². The van der Waals surface area contributed by atoms with Crippen molar-refractivity contribution >= 4 is 35.1 Å². The molecule has 0 aliphatic heterocycles. The number of benzene rings is 4. The Labute approximate surface area is 458 Å². The third kappa shape index (κ3) is 12.5. The zero-order valence-electron chi connectivity index (χ0n) is 45.1. The van der Waals surface area contributed by atoms with Crippen LogP contribution in [-0.2, 0) is 23.8 Å². The summed E-state index contributed by atoms with van der Waals surface area (Å²) in [4.78, 5) is 35.1. The van der Waals surface area contributed by atoms with E-state index < -0.39 is 35.3 Å². The van der Waals surface area contributed by atoms with E-state index in [4.69, 9.17) is 56.4 Å². The molecule has 0 aliphatic rings. The van der Waals surface area contributed by atoms with Crippen LogP contribution < -0.4 is 0 Å². The van der Waals surface area contributed by atoms with Gasteiger partial charge in [0.25, 0.3) is 0 Å². The Morgan fingerprint density at radius 3 is 1.13 bits per heavy atom. The molecule has 0 saturated carbocycles. The lowest BCUT2D eigenvalue weighted by atomic mass is 9.88. The number of nitrogens with zero attached hydrogens (tertiary/aromatic N) is 6. The smallest absolute Gasteiger partial charge is 0.339 e. The van der Waals surface area contributed by atoms with Gasteiger partial charge in [0.15, 0.2) is 12.2 Å². The van der Waals surface area contributed by atoms with Gasteiger partial charge in [0.1, 0.15) is 23.7 Å². The van der Waals surface area contributed by atoms with E-state index in [1.54, 1.807) is 71.0 Å². The topological polar surface area (TPSA) is 207 Å². The fraction of sp³-hybridized carbons (Fsp3) is 0.279. The Bertz CT molecular complexity index is 3540. The van der Waals surface area contributed by atoms with Crippen LogP contribution in [0.2, 0.25) is 10.0 Å². The second-order valence-corrected chi connectivity index (χ2v) is 21.2. The second-order valence-electron chi connectivity index (χ2n) is 20.3. The Kier molecular flexibility index (Phi) is 17.0. The number of halogens is 2. The van der Waals surface area contributed by atoms with Gasteiger partial charge in [-0.25, -0.2) is 9.59 Å². The third-order valence-corrected chi connectivity index (χ3v) is 12.9. The van der Waals surface area contributed by atoms with Gasteiger partial charge in [0, 0.05) is 65.9 Å². The highest BCUT2D eigenvalue weighted by atomic mass is 35.5. The maximum absolute atomic E-state index is 13.0. The van der Waals surface area contributed by atoms with Gasteiger partial charge in [0.2, 0.25) is 0 Å². The number of methoxy groups -OCH3 is 1. The van der Waals surface area contributed by atoms with Crippen molar-refractivity contribution in [2.75, 3.05) is 7.11 Å². The monoisotopic (exact) mass is 1070 g/mol. The van der Waals surface area contributed by atoms with E-state index in [1.807, 2.05) is 109 Å². The molecule has 16 heteroatoms. The molecule has 4 aromatic carbocycles. The highest BCUT2D eigenvalue weighted by molar-refractivity contribution is 6.31. The lowest BCUT2D eigenvalue weighted by Gasteiger charge is -2.29. The Morgan fingerprint density at radius 1 is 0.519 bits per heavy atom. The number of carbonyl (C=O) groups excluding carboxylic acids is 1. The summed E-state index contributed by atoms with van der Waals surface area (Å²) < 4.78 is 27.9. The zero-order chi connectivity index (χ0) is 56.3. The molecule has 394 valence electrons. The van der Waals surface area contributed by atoms with E-state index in [1.165, 1.54) is 7.11 Å². The molecule has 0 amide bonds. The van der Waals surface area contributed by atoms with Crippen LogP contribution in [0.25, 0.3) is 67.0 Å². The van der Waals surface area contributed by atoms with Crippen LogP contribution in [0.4, 0.5) is 0 Å². The molecule has 4 aromatic heterocycles. The van der Waals surface area contributed by atoms with Crippen molar-refractivity contribution in [2.45, 2.75) is 106 Å². The molecule has 0 radical (unpaired) electrons. The minimum Gasteiger partial charge on any atom is -0.479 e. The fourth-order valence-electron chi connectivity index (χ4n) is 9.20. The number of pyridine rings is 2. The van der Waals surface area contributed by atoms with Gasteiger partial charge in [-0.05, 0) is 130 Å². The standard InChI is InChI=1S/C31H30ClN3O4.C30H28ClN3O4/c1-17-26(29(30(36)37-7)38-31(4,5)6)27(21-12-14-23(32)15-13-21)24(16-33)28(34-17)22-10-8-20(9-11-22)25-18(2)35-39-19(25)3;1-16-25(28(29(35)36)37-30(4,5)6)26(20-11-13-22(31)14-12-20)23(15-32)27(33-16)21-9-7-19(8-10-21)24-17(2)34-38-18(24)3/h8-15,29H,1-7H3;7-14,28H,1-6H3,(H,35,36)/t29-;28-/m00/s1. The van der Waals surface area contributed by atoms with Crippen LogP contribution in [0.1, 0.15) is 110 Å². The summed E-state index contributed by atoms with van der Waals surface area (Å²) in [5, 5.41) is 40.2. The predicted molar refractivity (Wildman–Crippen MR) is 296 cm³/mol. The molecule has 0 bridgehead atoms. The average Bonchev–Trinajstić information content (AvgIpc) is 3.92. The summed E-state index contributed by atoms with van der Waals surface area (Å²) in [6.45, 7) is 22.0. The quantitative estimate of drug-likeness (QED) is 0.113. The number of hydrogen-bond acceptors (Lipinski definition) is 13. The molecule has 14 nitrogen and oxygen atoms in total. The molecule has 77 heavy (non-hydrogen) atoms. The third-order valence-electron chi connectivity index (χ3n) is 12.4. The lowest BCUT2D eigenvalue weighted by Crippen LogP contribution is -2.29. The number of hydrogen-bond donors (Lipinski definition) is 1. The van der Waals surface area contributed by atoms with E-state index >= 15 is 0 Å². The number of carboxylic acid groups (broad SMARTS) is 1. The van der Waals surface area contributed by atoms with Crippen molar-refractivity contribution in [1.82, 2.24) is 20.3 Å². The molecule has 8 aromatic rings. The number of ether oxygens (including phenoxy) is 3. The van der Waals surface area contributed by atoms with Gasteiger partial charge >= 0.3 is 11.9 Å². The van der Waals surface area contributed by atoms with E-state index in [-0.39, 0.29) is 5.56 Å². The number of nitriles is 2. The van der Waals surface area contributed by atoms with Crippen LogP contribution in [0, 0.1) is 64.2 Å². The number of esters is 1. The predicted octanol–water partition coefficient (Wildman–Crippen LogP) is 15.0. The number of aliphatic carboxylic acids is 1. The van der Waals surface area contributed by atoms with Crippen molar-refractivity contribution in [3.63, 3.8) is 0 Å². The number of rotatable bonds is 12. The van der Waals surface area contributed by atoms with Crippen LogP contribution in [0.15, 0.2) is 106 Å². The van der Waals surface area contributed by atoms with Gasteiger partial charge in [-0.15, -0.1) is 0 Å². The molecule has 0 aliphatic carbocycles. The molecular formula is C61H58Cl2N6O8. The molecule has 1 N–H and O–H groups in total. The first-order valence-electron chi connectivity index (χ1n) is 24.5. The molecule has 8 rings (SSSR count). The molecule has 2 atom stereocenters. The van der Waals surface area contributed by atoms with Gasteiger partial charge in [-0.1, -0.05) is 106 Å². The summed E-state index contributed by atoms with van der Waals surface area (Å²) in [7, 11) is 1.31. The van der Waals surface area contributed by atoms with Gasteiger partial charge in [-0.3, -0.25) is 9.97 Å². The first-order valence-corrected chi connectivity index (χ1v) is 25.3. The number of carbonyl (C=O) groups is 2. The molecule has 0 saturated heterocycles. The number of aromatic nitrogens is 4. The van der Waals surface area contributed by atoms with E-state index in [2.05, 4.69) is 22.5 Å². The summed E-state index contributed by atoms with van der Waals surface area (Å²) in [5.74, 6) is -0.296. The normalized spacial score (nSPS) is 12.2. The van der Waals surface area contributed by atoms with Crippen molar-refractivity contribution in [3.8, 4) is 79.2 Å². The van der Waals surface area contributed by atoms with Crippen LogP contribution in [0.5, 0.6) is 0 Å². The minimum absolute atomic E-state index is 0.252. The largest absolute Gasteiger partial charge is 0.479 e. The Hall–Kier alpha value is -7.98. The van der Waals surface area contributed by atoms with E-state index in [0.29, 0.717) is 77.3 Å². The average molecular weight is 1070 g/mol. The molecule has 0 unspecified atom stereocenters. The lowest BCUT2D eigenvalue weighted by molar-refractivity contribution is -0.164. The highest BCUT2D eigenvalue weighted by Gasteiger charge is 2.36. The number of carboxylic acids is 1. The number of aryl methyl sites for hydroxylation is 6. The van der Waals surface area contributed by atoms with Gasteiger partial charge in [0.05, 0.1) is 52.2 Å². The molecule has 0 spiro atoms. The van der Waals surface area contributed by atoms with Gasteiger partial charge < -0.3 is 28.4 Å². The summed E-state index contributed by atoms with van der Waals surface area (Å²) >= 11 is 12.3. The van der Waals surface area contributed by atoms with Crippen molar-refractivity contribution in [3.05, 3.63) is 164 Å². The molecular weight excluding hydrogens is 1020 g/mol. The van der Waals surface area contributed by atoms with E-state index in [0.717, 1.165) is 50.7 Å².